The largest absolute Gasteiger partial charge is 0.496 e. The Morgan fingerprint density at radius 2 is 1.80 bits per heavy atom. The summed E-state index contributed by atoms with van der Waals surface area (Å²) in [5.74, 6) is 0.643. The van der Waals surface area contributed by atoms with Gasteiger partial charge < -0.3 is 14.4 Å². The van der Waals surface area contributed by atoms with Gasteiger partial charge in [-0.15, -0.1) is 0 Å². The number of methoxy groups -OCH3 is 1. The van der Waals surface area contributed by atoms with E-state index >= 15 is 0 Å². The molecule has 0 aromatic heterocycles. The maximum Gasteiger partial charge on any atom is 0.311 e. The summed E-state index contributed by atoms with van der Waals surface area (Å²) < 4.78 is 11.1. The van der Waals surface area contributed by atoms with Crippen LogP contribution in [0.3, 0.4) is 0 Å². The predicted molar refractivity (Wildman–Crippen MR) is 115 cm³/mol. The number of esters is 1. The number of ketones is 1. The van der Waals surface area contributed by atoms with E-state index < -0.39 is 0 Å². The second-order valence-corrected chi connectivity index (χ2v) is 8.13. The van der Waals surface area contributed by atoms with Crippen LogP contribution >= 0.6 is 0 Å². The number of carbonyl (C=O) groups excluding carboxylic acids is 2. The van der Waals surface area contributed by atoms with Gasteiger partial charge in [0, 0.05) is 18.1 Å². The van der Waals surface area contributed by atoms with Gasteiger partial charge in [0.1, 0.15) is 11.5 Å². The summed E-state index contributed by atoms with van der Waals surface area (Å²) in [5.41, 5.74) is 3.20. The van der Waals surface area contributed by atoms with E-state index in [2.05, 4.69) is 4.90 Å². The molecular formula is C25H29NO4. The number of benzene rings is 2. The second-order valence-electron chi connectivity index (χ2n) is 8.13. The summed E-state index contributed by atoms with van der Waals surface area (Å²) in [6, 6.07) is 11.2. The molecule has 4 rings (SSSR count). The Labute approximate surface area is 178 Å². The molecule has 0 saturated carbocycles. The molecule has 1 saturated heterocycles. The van der Waals surface area contributed by atoms with Gasteiger partial charge >= 0.3 is 5.97 Å². The van der Waals surface area contributed by atoms with Crippen molar-refractivity contribution in [2.45, 2.75) is 44.9 Å². The summed E-state index contributed by atoms with van der Waals surface area (Å²) in [4.78, 5) is 27.9. The number of hydrogen-bond donors (Lipinski definition) is 0. The summed E-state index contributed by atoms with van der Waals surface area (Å²) in [5, 5.41) is 0. The molecule has 158 valence electrons. The zero-order chi connectivity index (χ0) is 20.9. The van der Waals surface area contributed by atoms with Crippen LogP contribution in [0.15, 0.2) is 36.4 Å². The number of rotatable bonds is 6. The molecule has 30 heavy (non-hydrogen) atoms. The third-order valence-corrected chi connectivity index (χ3v) is 6.07. The molecule has 1 heterocycles. The Balaban J connectivity index is 1.45. The number of piperidine rings is 1. The van der Waals surface area contributed by atoms with Crippen molar-refractivity contribution in [1.82, 2.24) is 4.90 Å². The maximum absolute atomic E-state index is 13.1. The number of carbonyl (C=O) groups is 2. The van der Waals surface area contributed by atoms with E-state index in [1.54, 1.807) is 13.2 Å². The van der Waals surface area contributed by atoms with E-state index in [1.165, 1.54) is 19.3 Å². The lowest BCUT2D eigenvalue weighted by Gasteiger charge is -2.26. The summed E-state index contributed by atoms with van der Waals surface area (Å²) in [7, 11) is 1.55. The zero-order valence-corrected chi connectivity index (χ0v) is 17.6. The molecule has 0 N–H and O–H groups in total. The molecule has 5 nitrogen and oxygen atoms in total. The third kappa shape index (κ3) is 4.57. The lowest BCUT2D eigenvalue weighted by molar-refractivity contribution is -0.134. The number of likely N-dealkylation sites (tertiary alicyclic amines) is 1. The van der Waals surface area contributed by atoms with Crippen molar-refractivity contribution in [2.24, 2.45) is 0 Å². The highest BCUT2D eigenvalue weighted by molar-refractivity contribution is 6.13. The number of nitrogens with zero attached hydrogens (tertiary/aromatic N) is 1. The number of fused-ring (bicyclic) bond motifs is 2. The first-order valence-corrected chi connectivity index (χ1v) is 10.9. The molecule has 1 aliphatic carbocycles. The van der Waals surface area contributed by atoms with Gasteiger partial charge in [-0.2, -0.15) is 0 Å². The Kier molecular flexibility index (Phi) is 6.48. The number of hydrogen-bond acceptors (Lipinski definition) is 5. The lowest BCUT2D eigenvalue weighted by Crippen LogP contribution is -2.31. The molecule has 2 aromatic carbocycles. The number of ether oxygens (including phenoxy) is 2. The van der Waals surface area contributed by atoms with Crippen molar-refractivity contribution in [3.63, 3.8) is 0 Å². The van der Waals surface area contributed by atoms with Gasteiger partial charge in [-0.25, -0.2) is 0 Å². The van der Waals surface area contributed by atoms with E-state index in [4.69, 9.17) is 9.47 Å². The van der Waals surface area contributed by atoms with Crippen molar-refractivity contribution < 1.29 is 19.1 Å². The smallest absolute Gasteiger partial charge is 0.311 e. The number of aryl methyl sites for hydroxylation is 2. The van der Waals surface area contributed by atoms with Crippen LogP contribution in [0.4, 0.5) is 0 Å². The minimum absolute atomic E-state index is 0.0330. The normalized spacial score (nSPS) is 16.4. The van der Waals surface area contributed by atoms with Crippen LogP contribution in [0.5, 0.6) is 11.5 Å². The summed E-state index contributed by atoms with van der Waals surface area (Å²) >= 11 is 0. The Morgan fingerprint density at radius 3 is 2.60 bits per heavy atom. The van der Waals surface area contributed by atoms with E-state index in [9.17, 15) is 9.59 Å². The zero-order valence-electron chi connectivity index (χ0n) is 17.6. The Bertz CT molecular complexity index is 931. The van der Waals surface area contributed by atoms with Gasteiger partial charge in [0.05, 0.1) is 12.7 Å². The first kappa shape index (κ1) is 20.6. The average molecular weight is 408 g/mol. The molecule has 0 radical (unpaired) electrons. The molecule has 1 fully saturated rings. The van der Waals surface area contributed by atoms with E-state index in [0.29, 0.717) is 29.9 Å². The fourth-order valence-corrected chi connectivity index (χ4v) is 4.50. The van der Waals surface area contributed by atoms with Gasteiger partial charge in [-0.05, 0) is 68.9 Å². The third-order valence-electron chi connectivity index (χ3n) is 6.07. The first-order chi connectivity index (χ1) is 14.7. The highest BCUT2D eigenvalue weighted by Gasteiger charge is 2.26. The monoisotopic (exact) mass is 407 g/mol. The minimum Gasteiger partial charge on any atom is -0.496 e. The van der Waals surface area contributed by atoms with Gasteiger partial charge in [-0.3, -0.25) is 9.59 Å². The average Bonchev–Trinajstić information content (AvgIpc) is 2.91. The molecule has 0 amide bonds. The molecule has 0 bridgehead atoms. The molecule has 0 unspecified atom stereocenters. The molecule has 2 aliphatic rings. The summed E-state index contributed by atoms with van der Waals surface area (Å²) in [6.07, 6.45) is 6.48. The van der Waals surface area contributed by atoms with Gasteiger partial charge in [0.2, 0.25) is 0 Å². The van der Waals surface area contributed by atoms with Crippen molar-refractivity contribution in [3.05, 3.63) is 58.7 Å². The Hall–Kier alpha value is -2.66. The standard InChI is InChI=1S/C25H29NO4/c1-29-22-17-20(30-23(27)10-7-15-26-13-5-2-6-14-26)16-19-12-11-18-8-3-4-9-21(18)25(28)24(19)22/h3-4,8-9,16-17H,2,5-7,10-15H2,1H3. The van der Waals surface area contributed by atoms with E-state index in [1.807, 2.05) is 30.3 Å². The molecule has 0 atom stereocenters. The van der Waals surface area contributed by atoms with Crippen molar-refractivity contribution in [1.29, 1.82) is 0 Å². The quantitative estimate of drug-likeness (QED) is 0.531. The minimum atomic E-state index is -0.239. The van der Waals surface area contributed by atoms with Crippen LogP contribution in [0.25, 0.3) is 0 Å². The van der Waals surface area contributed by atoms with Crippen LogP contribution in [-0.2, 0) is 17.6 Å². The fraction of sp³-hybridized carbons (Fsp3) is 0.440. The predicted octanol–water partition coefficient (Wildman–Crippen LogP) is 4.20. The molecular weight excluding hydrogens is 378 g/mol. The Morgan fingerprint density at radius 1 is 1.03 bits per heavy atom. The molecule has 5 heteroatoms. The van der Waals surface area contributed by atoms with E-state index in [0.717, 1.165) is 49.2 Å². The van der Waals surface area contributed by atoms with Crippen LogP contribution in [0, 0.1) is 0 Å². The van der Waals surface area contributed by atoms with Crippen LogP contribution in [0.1, 0.15) is 59.2 Å². The van der Waals surface area contributed by atoms with Crippen molar-refractivity contribution >= 4 is 11.8 Å². The second kappa shape index (κ2) is 9.43. The fourth-order valence-electron chi connectivity index (χ4n) is 4.50. The van der Waals surface area contributed by atoms with Crippen molar-refractivity contribution in [3.8, 4) is 11.5 Å². The van der Waals surface area contributed by atoms with Crippen molar-refractivity contribution in [2.75, 3.05) is 26.7 Å². The highest BCUT2D eigenvalue weighted by atomic mass is 16.5. The van der Waals surface area contributed by atoms with Gasteiger partial charge in [0.15, 0.2) is 5.78 Å². The highest BCUT2D eigenvalue weighted by Crippen LogP contribution is 2.34. The van der Waals surface area contributed by atoms with Gasteiger partial charge in [-0.1, -0.05) is 30.7 Å². The SMILES string of the molecule is COc1cc(OC(=O)CCCN2CCCCC2)cc2c1C(=O)c1ccccc1CC2. The first-order valence-electron chi connectivity index (χ1n) is 10.9. The van der Waals surface area contributed by atoms with Gasteiger partial charge in [0.25, 0.3) is 0 Å². The molecule has 1 aliphatic heterocycles. The van der Waals surface area contributed by atoms with Crippen LogP contribution in [-0.4, -0.2) is 43.4 Å². The molecule has 0 spiro atoms. The van der Waals surface area contributed by atoms with Crippen LogP contribution < -0.4 is 9.47 Å². The maximum atomic E-state index is 13.1. The van der Waals surface area contributed by atoms with Crippen LogP contribution in [0.2, 0.25) is 0 Å². The van der Waals surface area contributed by atoms with E-state index in [-0.39, 0.29) is 11.8 Å². The molecule has 2 aromatic rings. The summed E-state index contributed by atoms with van der Waals surface area (Å²) in [6.45, 7) is 3.20. The topological polar surface area (TPSA) is 55.8 Å². The lowest BCUT2D eigenvalue weighted by atomic mass is 9.97.